The lowest BCUT2D eigenvalue weighted by atomic mass is 9.98. The monoisotopic (exact) mass is 251 g/mol. The zero-order valence-corrected chi connectivity index (χ0v) is 11.0. The Bertz CT molecular complexity index is 395. The molecule has 0 saturated carbocycles. The van der Waals surface area contributed by atoms with E-state index >= 15 is 0 Å². The fourth-order valence-corrected chi connectivity index (χ4v) is 2.04. The van der Waals surface area contributed by atoms with Gasteiger partial charge in [-0.05, 0) is 31.8 Å². The maximum Gasteiger partial charge on any atom is 0.273 e. The third-order valence-corrected chi connectivity index (χ3v) is 3.11. The van der Waals surface area contributed by atoms with Crippen LogP contribution in [0.1, 0.15) is 49.0 Å². The topological polar surface area (TPSA) is 67.2 Å². The number of piperidine rings is 1. The van der Waals surface area contributed by atoms with E-state index in [1.807, 2.05) is 0 Å². The van der Waals surface area contributed by atoms with Crippen LogP contribution in [0.3, 0.4) is 0 Å². The predicted molar refractivity (Wildman–Crippen MR) is 68.5 cm³/mol. The Morgan fingerprint density at radius 2 is 2.28 bits per heavy atom. The lowest BCUT2D eigenvalue weighted by Crippen LogP contribution is -2.28. The Kier molecular flexibility index (Phi) is 4.36. The van der Waals surface area contributed by atoms with Gasteiger partial charge in [-0.15, -0.1) is 0 Å². The van der Waals surface area contributed by atoms with Gasteiger partial charge in [0.1, 0.15) is 6.26 Å². The molecular formula is C13H21N3O2. The standard InChI is InChI=1S/C13H21N3O2/c1-9(2)7-15-12(17)11-8-18-13(16-11)10-3-5-14-6-4-10/h8-10,14H,3-7H2,1-2H3,(H,15,17). The molecule has 0 aromatic carbocycles. The molecule has 1 amide bonds. The highest BCUT2D eigenvalue weighted by Gasteiger charge is 2.21. The quantitative estimate of drug-likeness (QED) is 0.851. The van der Waals surface area contributed by atoms with Gasteiger partial charge in [-0.1, -0.05) is 13.8 Å². The number of aromatic nitrogens is 1. The van der Waals surface area contributed by atoms with Gasteiger partial charge in [-0.2, -0.15) is 0 Å². The molecule has 5 heteroatoms. The summed E-state index contributed by atoms with van der Waals surface area (Å²) in [5.41, 5.74) is 0.393. The number of oxazole rings is 1. The SMILES string of the molecule is CC(C)CNC(=O)c1coc(C2CCNCC2)n1. The first-order valence-electron chi connectivity index (χ1n) is 6.61. The van der Waals surface area contributed by atoms with E-state index in [1.165, 1.54) is 6.26 Å². The predicted octanol–water partition coefficient (Wildman–Crippen LogP) is 1.53. The normalized spacial score (nSPS) is 17.1. The summed E-state index contributed by atoms with van der Waals surface area (Å²) in [6, 6.07) is 0. The average molecular weight is 251 g/mol. The summed E-state index contributed by atoms with van der Waals surface area (Å²) in [4.78, 5) is 16.1. The van der Waals surface area contributed by atoms with Gasteiger partial charge in [0.15, 0.2) is 11.6 Å². The molecule has 2 rings (SSSR count). The van der Waals surface area contributed by atoms with Crippen LogP contribution in [-0.4, -0.2) is 30.5 Å². The second kappa shape index (κ2) is 6.00. The minimum Gasteiger partial charge on any atom is -0.448 e. The summed E-state index contributed by atoms with van der Waals surface area (Å²) in [6.45, 7) is 6.76. The Morgan fingerprint density at radius 3 is 2.94 bits per heavy atom. The molecule has 5 nitrogen and oxygen atoms in total. The summed E-state index contributed by atoms with van der Waals surface area (Å²) in [6.07, 6.45) is 3.51. The number of carbonyl (C=O) groups excluding carboxylic acids is 1. The van der Waals surface area contributed by atoms with E-state index < -0.39 is 0 Å². The lowest BCUT2D eigenvalue weighted by molar-refractivity contribution is 0.0944. The van der Waals surface area contributed by atoms with Gasteiger partial charge < -0.3 is 15.1 Å². The fourth-order valence-electron chi connectivity index (χ4n) is 2.04. The van der Waals surface area contributed by atoms with Crippen LogP contribution in [0.5, 0.6) is 0 Å². The number of nitrogens with one attached hydrogen (secondary N) is 2. The van der Waals surface area contributed by atoms with E-state index in [-0.39, 0.29) is 5.91 Å². The lowest BCUT2D eigenvalue weighted by Gasteiger charge is -2.19. The zero-order valence-electron chi connectivity index (χ0n) is 11.0. The van der Waals surface area contributed by atoms with Crippen LogP contribution < -0.4 is 10.6 Å². The maximum absolute atomic E-state index is 11.8. The van der Waals surface area contributed by atoms with E-state index in [0.717, 1.165) is 25.9 Å². The van der Waals surface area contributed by atoms with Gasteiger partial charge in [0.2, 0.25) is 0 Å². The molecule has 0 aliphatic carbocycles. The maximum atomic E-state index is 11.8. The number of nitrogens with zero attached hydrogens (tertiary/aromatic N) is 1. The van der Waals surface area contributed by atoms with Crippen LogP contribution in [0.2, 0.25) is 0 Å². The molecule has 0 spiro atoms. The molecule has 0 unspecified atom stereocenters. The third kappa shape index (κ3) is 3.32. The molecule has 2 heterocycles. The molecule has 2 N–H and O–H groups in total. The fraction of sp³-hybridized carbons (Fsp3) is 0.692. The first-order valence-corrected chi connectivity index (χ1v) is 6.61. The highest BCUT2D eigenvalue weighted by molar-refractivity contribution is 5.91. The van der Waals surface area contributed by atoms with Crippen molar-refractivity contribution >= 4 is 5.91 Å². The van der Waals surface area contributed by atoms with Gasteiger partial charge in [-0.3, -0.25) is 4.79 Å². The minimum absolute atomic E-state index is 0.146. The Morgan fingerprint density at radius 1 is 1.56 bits per heavy atom. The van der Waals surface area contributed by atoms with E-state index in [9.17, 15) is 4.79 Å². The molecular weight excluding hydrogens is 230 g/mol. The Balaban J connectivity index is 1.94. The van der Waals surface area contributed by atoms with E-state index in [4.69, 9.17) is 4.42 Å². The van der Waals surface area contributed by atoms with E-state index in [2.05, 4.69) is 29.5 Å². The van der Waals surface area contributed by atoms with Crippen molar-refractivity contribution < 1.29 is 9.21 Å². The Hall–Kier alpha value is -1.36. The van der Waals surface area contributed by atoms with Crippen LogP contribution in [0.4, 0.5) is 0 Å². The highest BCUT2D eigenvalue weighted by atomic mass is 16.3. The number of hydrogen-bond donors (Lipinski definition) is 2. The van der Waals surface area contributed by atoms with Crippen molar-refractivity contribution in [3.63, 3.8) is 0 Å². The van der Waals surface area contributed by atoms with Gasteiger partial charge in [0.25, 0.3) is 5.91 Å². The minimum atomic E-state index is -0.146. The Labute approximate surface area is 107 Å². The summed E-state index contributed by atoms with van der Waals surface area (Å²) in [5, 5.41) is 6.14. The molecule has 1 aliphatic rings. The number of amides is 1. The number of hydrogen-bond acceptors (Lipinski definition) is 4. The van der Waals surface area contributed by atoms with Crippen LogP contribution >= 0.6 is 0 Å². The first kappa shape index (κ1) is 13.1. The van der Waals surface area contributed by atoms with Crippen LogP contribution in [0.15, 0.2) is 10.7 Å². The number of rotatable bonds is 4. The summed E-state index contributed by atoms with van der Waals surface area (Å²) in [5.74, 6) is 1.33. The second-order valence-electron chi connectivity index (χ2n) is 5.20. The first-order chi connectivity index (χ1) is 8.66. The third-order valence-electron chi connectivity index (χ3n) is 3.11. The summed E-state index contributed by atoms with van der Waals surface area (Å²) >= 11 is 0. The summed E-state index contributed by atoms with van der Waals surface area (Å²) in [7, 11) is 0. The van der Waals surface area contributed by atoms with Gasteiger partial charge in [0.05, 0.1) is 0 Å². The molecule has 100 valence electrons. The largest absolute Gasteiger partial charge is 0.448 e. The highest BCUT2D eigenvalue weighted by Crippen LogP contribution is 2.24. The molecule has 1 aliphatic heterocycles. The molecule has 0 atom stereocenters. The average Bonchev–Trinajstić information content (AvgIpc) is 2.86. The van der Waals surface area contributed by atoms with Crippen LogP contribution in [-0.2, 0) is 0 Å². The van der Waals surface area contributed by atoms with Crippen molar-refractivity contribution in [2.45, 2.75) is 32.6 Å². The van der Waals surface area contributed by atoms with Crippen molar-refractivity contribution in [3.8, 4) is 0 Å². The number of carbonyl (C=O) groups is 1. The molecule has 0 bridgehead atoms. The van der Waals surface area contributed by atoms with Crippen molar-refractivity contribution in [2.75, 3.05) is 19.6 Å². The molecule has 1 aromatic heterocycles. The smallest absolute Gasteiger partial charge is 0.273 e. The summed E-state index contributed by atoms with van der Waals surface area (Å²) < 4.78 is 5.43. The second-order valence-corrected chi connectivity index (χ2v) is 5.20. The molecule has 1 saturated heterocycles. The van der Waals surface area contributed by atoms with Gasteiger partial charge in [0, 0.05) is 12.5 Å². The van der Waals surface area contributed by atoms with Crippen LogP contribution in [0, 0.1) is 5.92 Å². The zero-order chi connectivity index (χ0) is 13.0. The van der Waals surface area contributed by atoms with Gasteiger partial charge in [-0.25, -0.2) is 4.98 Å². The van der Waals surface area contributed by atoms with Crippen LogP contribution in [0.25, 0.3) is 0 Å². The van der Waals surface area contributed by atoms with Crippen molar-refractivity contribution in [2.24, 2.45) is 5.92 Å². The molecule has 0 radical (unpaired) electrons. The van der Waals surface area contributed by atoms with E-state index in [0.29, 0.717) is 30.0 Å². The van der Waals surface area contributed by atoms with Crippen molar-refractivity contribution in [1.82, 2.24) is 15.6 Å². The van der Waals surface area contributed by atoms with Crippen molar-refractivity contribution in [1.29, 1.82) is 0 Å². The van der Waals surface area contributed by atoms with Gasteiger partial charge >= 0.3 is 0 Å². The van der Waals surface area contributed by atoms with Crippen molar-refractivity contribution in [3.05, 3.63) is 17.8 Å². The molecule has 18 heavy (non-hydrogen) atoms. The molecule has 1 aromatic rings. The molecule has 1 fully saturated rings. The van der Waals surface area contributed by atoms with E-state index in [1.54, 1.807) is 0 Å².